The van der Waals surface area contributed by atoms with Gasteiger partial charge in [-0.25, -0.2) is 0 Å². The Morgan fingerprint density at radius 2 is 0.718 bits per heavy atom. The molecule has 0 fully saturated rings. The van der Waals surface area contributed by atoms with Gasteiger partial charge in [-0.2, -0.15) is 0 Å². The maximum atomic E-state index is 12.4. The Balaban J connectivity index is 3.40. The molecule has 0 rings (SSSR count). The lowest BCUT2D eigenvalue weighted by atomic mass is 10.0. The number of esters is 1. The van der Waals surface area contributed by atoms with Crippen LogP contribution in [0.25, 0.3) is 0 Å². The molecule has 0 bridgehead atoms. The van der Waals surface area contributed by atoms with Crippen molar-refractivity contribution in [2.45, 2.75) is 341 Å². The summed E-state index contributed by atoms with van der Waals surface area (Å²) in [6.07, 6.45) is 77.0. The predicted molar refractivity (Wildman–Crippen MR) is 310 cm³/mol. The first kappa shape index (κ1) is 68.8. The van der Waals surface area contributed by atoms with Crippen molar-refractivity contribution in [2.75, 3.05) is 13.2 Å². The highest BCUT2D eigenvalue weighted by molar-refractivity contribution is 5.76. The number of hydrogen-bond donors (Lipinski definition) is 3. The van der Waals surface area contributed by atoms with E-state index in [1.165, 1.54) is 238 Å². The maximum absolute atomic E-state index is 12.4. The van der Waals surface area contributed by atoms with Crippen LogP contribution in [0.4, 0.5) is 0 Å². The molecule has 2 unspecified atom stereocenters. The number of hydrogen-bond acceptors (Lipinski definition) is 5. The van der Waals surface area contributed by atoms with Crippen molar-refractivity contribution < 1.29 is 24.5 Å². The van der Waals surface area contributed by atoms with Crippen molar-refractivity contribution in [1.29, 1.82) is 0 Å². The number of carbonyl (C=O) groups is 2. The van der Waals surface area contributed by atoms with Crippen molar-refractivity contribution in [2.24, 2.45) is 0 Å². The second kappa shape index (κ2) is 60.4. The van der Waals surface area contributed by atoms with Crippen LogP contribution in [0, 0.1) is 0 Å². The maximum Gasteiger partial charge on any atom is 0.305 e. The lowest BCUT2D eigenvalue weighted by Gasteiger charge is -2.22. The molecule has 0 aliphatic heterocycles. The molecule has 6 nitrogen and oxygen atoms in total. The van der Waals surface area contributed by atoms with Crippen LogP contribution in [0.15, 0.2) is 48.6 Å². The minimum Gasteiger partial charge on any atom is -0.466 e. The molecular formula is C65H121NO5. The smallest absolute Gasteiger partial charge is 0.305 e. The molecule has 1 amide bonds. The number of allylic oxidation sites excluding steroid dienone is 8. The molecule has 0 aliphatic rings. The number of unbranched alkanes of at least 4 members (excludes halogenated alkanes) is 39. The SMILES string of the molecule is CCCC/C=C\C/C=C\CCCCCCCC(=O)OCCCCCCCCCCC/C=C\C/C=C\CCCCCCCCCCCCCCCC(=O)NC(CO)C(O)CCCCCCCCCCCCC. The Kier molecular flexibility index (Phi) is 58.5. The molecule has 71 heavy (non-hydrogen) atoms. The second-order valence-electron chi connectivity index (χ2n) is 21.4. The number of aliphatic hydroxyl groups excluding tert-OH is 2. The largest absolute Gasteiger partial charge is 0.466 e. The van der Waals surface area contributed by atoms with Gasteiger partial charge in [0.15, 0.2) is 0 Å². The van der Waals surface area contributed by atoms with E-state index >= 15 is 0 Å². The van der Waals surface area contributed by atoms with Crippen LogP contribution in [-0.2, 0) is 14.3 Å². The van der Waals surface area contributed by atoms with Gasteiger partial charge in [0.05, 0.1) is 25.4 Å². The molecule has 0 radical (unpaired) electrons. The average molecular weight is 997 g/mol. The van der Waals surface area contributed by atoms with Crippen molar-refractivity contribution in [3.63, 3.8) is 0 Å². The summed E-state index contributed by atoms with van der Waals surface area (Å²) in [6.45, 7) is 4.90. The van der Waals surface area contributed by atoms with Crippen LogP contribution in [0.1, 0.15) is 328 Å². The molecule has 416 valence electrons. The first-order chi connectivity index (χ1) is 35.0. The molecule has 0 aliphatic carbocycles. The molecule has 0 aromatic heterocycles. The van der Waals surface area contributed by atoms with E-state index in [1.807, 2.05) is 0 Å². The zero-order valence-corrected chi connectivity index (χ0v) is 47.5. The molecular weight excluding hydrogens is 875 g/mol. The number of nitrogens with one attached hydrogen (secondary N) is 1. The standard InChI is InChI=1S/C65H121NO5/c1-3-5-7-9-11-13-15-16-35-39-43-47-51-55-59-65(70)71-60-56-52-48-44-40-36-33-31-29-27-25-23-21-19-17-18-20-22-24-26-28-30-32-34-38-42-46-50-54-58-64(69)66-62(61-67)63(68)57-53-49-45-41-37-14-12-10-8-6-4-2/h9,11,15-17,19,23,25,62-63,67-68H,3-8,10,12-14,18,20-22,24,26-61H2,1-2H3,(H,66,69)/b11-9-,16-15-,19-17-,25-23-. The Morgan fingerprint density at radius 3 is 1.11 bits per heavy atom. The van der Waals surface area contributed by atoms with Crippen molar-refractivity contribution in [3.05, 3.63) is 48.6 Å². The number of carbonyl (C=O) groups excluding carboxylic acids is 2. The zero-order valence-electron chi connectivity index (χ0n) is 47.5. The summed E-state index contributed by atoms with van der Waals surface area (Å²) < 4.78 is 5.47. The molecule has 0 spiro atoms. The van der Waals surface area contributed by atoms with E-state index in [1.54, 1.807) is 0 Å². The van der Waals surface area contributed by atoms with E-state index in [0.29, 0.717) is 25.9 Å². The van der Waals surface area contributed by atoms with Gasteiger partial charge in [-0.1, -0.05) is 281 Å². The Hall–Kier alpha value is -2.18. The Morgan fingerprint density at radius 1 is 0.394 bits per heavy atom. The van der Waals surface area contributed by atoms with E-state index in [0.717, 1.165) is 57.8 Å². The Labute approximate surface area is 442 Å². The van der Waals surface area contributed by atoms with Crippen LogP contribution >= 0.6 is 0 Å². The van der Waals surface area contributed by atoms with Crippen molar-refractivity contribution in [1.82, 2.24) is 5.32 Å². The predicted octanol–water partition coefficient (Wildman–Crippen LogP) is 19.7. The third-order valence-electron chi connectivity index (χ3n) is 14.4. The summed E-state index contributed by atoms with van der Waals surface area (Å²) in [5.74, 6) is -0.0398. The normalized spacial score (nSPS) is 12.9. The first-order valence-corrected chi connectivity index (χ1v) is 31.4. The molecule has 0 saturated carbocycles. The molecule has 0 aromatic rings. The van der Waals surface area contributed by atoms with E-state index in [4.69, 9.17) is 4.74 Å². The molecule has 3 N–H and O–H groups in total. The highest BCUT2D eigenvalue weighted by atomic mass is 16.5. The van der Waals surface area contributed by atoms with E-state index < -0.39 is 12.1 Å². The fraction of sp³-hybridized carbons (Fsp3) is 0.846. The van der Waals surface area contributed by atoms with Crippen molar-refractivity contribution in [3.8, 4) is 0 Å². The van der Waals surface area contributed by atoms with Gasteiger partial charge in [-0.15, -0.1) is 0 Å². The fourth-order valence-electron chi connectivity index (χ4n) is 9.51. The van der Waals surface area contributed by atoms with Gasteiger partial charge in [0.25, 0.3) is 0 Å². The monoisotopic (exact) mass is 996 g/mol. The van der Waals surface area contributed by atoms with E-state index in [9.17, 15) is 19.8 Å². The quantitative estimate of drug-likeness (QED) is 0.0321. The van der Waals surface area contributed by atoms with Gasteiger partial charge in [0, 0.05) is 12.8 Å². The van der Waals surface area contributed by atoms with Gasteiger partial charge >= 0.3 is 5.97 Å². The summed E-state index contributed by atoms with van der Waals surface area (Å²) in [4.78, 5) is 24.5. The van der Waals surface area contributed by atoms with Gasteiger partial charge in [-0.3, -0.25) is 9.59 Å². The van der Waals surface area contributed by atoms with Gasteiger partial charge < -0.3 is 20.3 Å². The van der Waals surface area contributed by atoms with Crippen LogP contribution in [0.3, 0.4) is 0 Å². The lowest BCUT2D eigenvalue weighted by molar-refractivity contribution is -0.143. The van der Waals surface area contributed by atoms with E-state index in [-0.39, 0.29) is 18.5 Å². The number of ether oxygens (including phenoxy) is 1. The van der Waals surface area contributed by atoms with Crippen molar-refractivity contribution >= 4 is 11.9 Å². The average Bonchev–Trinajstić information content (AvgIpc) is 3.37. The third kappa shape index (κ3) is 57.0. The number of aliphatic hydroxyl groups is 2. The van der Waals surface area contributed by atoms with Crippen LogP contribution in [0.5, 0.6) is 0 Å². The van der Waals surface area contributed by atoms with Gasteiger partial charge in [0.2, 0.25) is 5.91 Å². The first-order valence-electron chi connectivity index (χ1n) is 31.4. The summed E-state index contributed by atoms with van der Waals surface area (Å²) >= 11 is 0. The van der Waals surface area contributed by atoms with Crippen LogP contribution in [-0.4, -0.2) is 47.4 Å². The summed E-state index contributed by atoms with van der Waals surface area (Å²) in [6, 6.07) is -0.541. The lowest BCUT2D eigenvalue weighted by Crippen LogP contribution is -2.45. The van der Waals surface area contributed by atoms with Gasteiger partial charge in [0.1, 0.15) is 0 Å². The van der Waals surface area contributed by atoms with Gasteiger partial charge in [-0.05, 0) is 83.5 Å². The molecule has 0 saturated heterocycles. The van der Waals surface area contributed by atoms with Crippen LogP contribution < -0.4 is 5.32 Å². The summed E-state index contributed by atoms with van der Waals surface area (Å²) in [5.41, 5.74) is 0. The molecule has 0 heterocycles. The highest BCUT2D eigenvalue weighted by Gasteiger charge is 2.20. The van der Waals surface area contributed by atoms with E-state index in [2.05, 4.69) is 67.8 Å². The molecule has 2 atom stereocenters. The second-order valence-corrected chi connectivity index (χ2v) is 21.4. The van der Waals surface area contributed by atoms with Crippen LogP contribution in [0.2, 0.25) is 0 Å². The molecule has 0 aromatic carbocycles. The summed E-state index contributed by atoms with van der Waals surface area (Å²) in [7, 11) is 0. The topological polar surface area (TPSA) is 95.9 Å². The highest BCUT2D eigenvalue weighted by Crippen LogP contribution is 2.17. The minimum atomic E-state index is -0.664. The molecule has 6 heteroatoms. The number of rotatable bonds is 58. The Bertz CT molecular complexity index is 1190. The zero-order chi connectivity index (χ0) is 51.4. The summed E-state index contributed by atoms with van der Waals surface area (Å²) in [5, 5.41) is 23.2. The minimum absolute atomic E-state index is 0.00303. The number of amides is 1. The fourth-order valence-corrected chi connectivity index (χ4v) is 9.51. The third-order valence-corrected chi connectivity index (χ3v) is 14.4.